The predicted molar refractivity (Wildman–Crippen MR) is 220 cm³/mol. The summed E-state index contributed by atoms with van der Waals surface area (Å²) in [6, 6.07) is 0. The Labute approximate surface area is 322 Å². The molecule has 0 amide bonds. The molecule has 0 saturated heterocycles. The van der Waals surface area contributed by atoms with Crippen LogP contribution in [0.4, 0.5) is 0 Å². The molecular formula is C45H85N3O4. The van der Waals surface area contributed by atoms with Crippen LogP contribution in [-0.2, 0) is 25.6 Å². The Hall–Kier alpha value is -1.89. The normalized spacial score (nSPS) is 12.1. The smallest absolute Gasteiger partial charge is 0.308 e. The Balaban J connectivity index is 2.29. The van der Waals surface area contributed by atoms with E-state index in [0.29, 0.717) is 19.6 Å². The molecule has 0 aliphatic carbocycles. The molecule has 1 aromatic rings. The van der Waals surface area contributed by atoms with Gasteiger partial charge in [-0.25, -0.2) is 4.98 Å². The molecule has 1 aromatic heterocycles. The van der Waals surface area contributed by atoms with Crippen molar-refractivity contribution in [2.24, 2.45) is 5.92 Å². The van der Waals surface area contributed by atoms with E-state index >= 15 is 0 Å². The second-order valence-corrected chi connectivity index (χ2v) is 15.6. The lowest BCUT2D eigenvalue weighted by molar-refractivity contribution is -0.149. The summed E-state index contributed by atoms with van der Waals surface area (Å²) in [6.45, 7) is 14.3. The Morgan fingerprint density at radius 2 is 1.06 bits per heavy atom. The van der Waals surface area contributed by atoms with Crippen molar-refractivity contribution in [3.05, 3.63) is 18.2 Å². The maximum Gasteiger partial charge on any atom is 0.308 e. The van der Waals surface area contributed by atoms with Gasteiger partial charge in [-0.2, -0.15) is 0 Å². The van der Waals surface area contributed by atoms with Crippen LogP contribution >= 0.6 is 0 Å². The summed E-state index contributed by atoms with van der Waals surface area (Å²) in [7, 11) is 0. The van der Waals surface area contributed by atoms with Gasteiger partial charge in [0, 0.05) is 25.4 Å². The van der Waals surface area contributed by atoms with Gasteiger partial charge in [0.05, 0.1) is 19.1 Å². The highest BCUT2D eigenvalue weighted by molar-refractivity contribution is 5.72. The van der Waals surface area contributed by atoms with Crippen molar-refractivity contribution in [2.75, 3.05) is 32.8 Å². The van der Waals surface area contributed by atoms with Gasteiger partial charge in [-0.3, -0.25) is 9.59 Å². The van der Waals surface area contributed by atoms with E-state index in [1.165, 1.54) is 109 Å². The molecule has 0 spiro atoms. The fraction of sp³-hybridized carbons (Fsp3) is 0.889. The van der Waals surface area contributed by atoms with Crippen molar-refractivity contribution in [1.29, 1.82) is 0 Å². The molecule has 0 fully saturated rings. The average molecular weight is 732 g/mol. The number of ether oxygens (including phenoxy) is 2. The Bertz CT molecular complexity index is 935. The van der Waals surface area contributed by atoms with Crippen LogP contribution in [0.3, 0.4) is 0 Å². The predicted octanol–water partition coefficient (Wildman–Crippen LogP) is 12.6. The standard InChI is InChI=1S/C45H85N3O4/c1-5-8-11-14-16-18-25-33-44(49)51-40-28-21-19-26-35-47(37-30-38-48-39-34-46-42(48)4)36-27-20-22-29-41-52-45(50)43(31-23-13-10-7-3)32-24-17-15-12-9-6-2/h34,39,43H,5-33,35-38,40-41H2,1-4H3. The molecule has 0 N–H and O–H groups in total. The zero-order valence-electron chi connectivity index (χ0n) is 35.0. The van der Waals surface area contributed by atoms with Crippen LogP contribution in [0, 0.1) is 12.8 Å². The van der Waals surface area contributed by atoms with Gasteiger partial charge < -0.3 is 18.9 Å². The molecule has 0 aromatic carbocycles. The van der Waals surface area contributed by atoms with Crippen molar-refractivity contribution < 1.29 is 19.1 Å². The van der Waals surface area contributed by atoms with E-state index < -0.39 is 0 Å². The van der Waals surface area contributed by atoms with Crippen molar-refractivity contribution in [3.63, 3.8) is 0 Å². The van der Waals surface area contributed by atoms with Gasteiger partial charge in [0.15, 0.2) is 0 Å². The summed E-state index contributed by atoms with van der Waals surface area (Å²) in [4.78, 5) is 32.1. The largest absolute Gasteiger partial charge is 0.466 e. The maximum absolute atomic E-state index is 13.0. The third-order valence-electron chi connectivity index (χ3n) is 10.7. The number of hydrogen-bond donors (Lipinski definition) is 0. The second kappa shape index (κ2) is 36.1. The summed E-state index contributed by atoms with van der Waals surface area (Å²) >= 11 is 0. The number of aromatic nitrogens is 2. The molecule has 1 rings (SSSR count). The molecule has 0 radical (unpaired) electrons. The van der Waals surface area contributed by atoms with Gasteiger partial charge in [-0.1, -0.05) is 149 Å². The summed E-state index contributed by atoms with van der Waals surface area (Å²) in [5, 5.41) is 0. The van der Waals surface area contributed by atoms with Gasteiger partial charge in [0.2, 0.25) is 0 Å². The molecule has 304 valence electrons. The van der Waals surface area contributed by atoms with Crippen LogP contribution in [0.15, 0.2) is 12.4 Å². The lowest BCUT2D eigenvalue weighted by Gasteiger charge is -2.22. The number of aryl methyl sites for hydroxylation is 2. The Kier molecular flexibility index (Phi) is 33.4. The lowest BCUT2D eigenvalue weighted by atomic mass is 9.94. The minimum absolute atomic E-state index is 0.0171. The topological polar surface area (TPSA) is 73.7 Å². The zero-order valence-corrected chi connectivity index (χ0v) is 35.0. The van der Waals surface area contributed by atoms with Gasteiger partial charge in [0.1, 0.15) is 5.82 Å². The molecule has 0 saturated carbocycles. The van der Waals surface area contributed by atoms with Gasteiger partial charge in [-0.15, -0.1) is 0 Å². The quantitative estimate of drug-likeness (QED) is 0.0496. The van der Waals surface area contributed by atoms with Crippen LogP contribution < -0.4 is 0 Å². The van der Waals surface area contributed by atoms with Crippen LogP contribution in [0.1, 0.15) is 213 Å². The first-order valence-electron chi connectivity index (χ1n) is 22.5. The summed E-state index contributed by atoms with van der Waals surface area (Å²) < 4.78 is 13.6. The number of nitrogens with zero attached hydrogens (tertiary/aromatic N) is 3. The molecule has 52 heavy (non-hydrogen) atoms. The number of imidazole rings is 1. The highest BCUT2D eigenvalue weighted by atomic mass is 16.5. The van der Waals surface area contributed by atoms with Gasteiger partial charge in [0.25, 0.3) is 0 Å². The third-order valence-corrected chi connectivity index (χ3v) is 10.7. The van der Waals surface area contributed by atoms with Crippen LogP contribution in [0.25, 0.3) is 0 Å². The second-order valence-electron chi connectivity index (χ2n) is 15.6. The first kappa shape index (κ1) is 48.1. The van der Waals surface area contributed by atoms with Crippen molar-refractivity contribution in [2.45, 2.75) is 220 Å². The number of unbranched alkanes of at least 4 members (excludes halogenated alkanes) is 20. The molecule has 0 aliphatic rings. The molecule has 0 bridgehead atoms. The van der Waals surface area contributed by atoms with E-state index in [1.54, 1.807) is 0 Å². The maximum atomic E-state index is 13.0. The van der Waals surface area contributed by atoms with Gasteiger partial charge >= 0.3 is 11.9 Å². The van der Waals surface area contributed by atoms with E-state index in [1.807, 2.05) is 6.20 Å². The summed E-state index contributed by atoms with van der Waals surface area (Å²) in [6.07, 6.45) is 37.6. The van der Waals surface area contributed by atoms with E-state index in [4.69, 9.17) is 9.47 Å². The number of hydrogen-bond acceptors (Lipinski definition) is 6. The van der Waals surface area contributed by atoms with Crippen molar-refractivity contribution >= 4 is 11.9 Å². The van der Waals surface area contributed by atoms with Crippen LogP contribution in [0.2, 0.25) is 0 Å². The van der Waals surface area contributed by atoms with E-state index in [9.17, 15) is 9.59 Å². The Morgan fingerprint density at radius 3 is 1.62 bits per heavy atom. The molecule has 7 heteroatoms. The fourth-order valence-corrected chi connectivity index (χ4v) is 7.17. The summed E-state index contributed by atoms with van der Waals surface area (Å²) in [5.41, 5.74) is 0. The van der Waals surface area contributed by atoms with E-state index in [2.05, 4.69) is 48.3 Å². The van der Waals surface area contributed by atoms with Crippen LogP contribution in [-0.4, -0.2) is 59.2 Å². The number of carbonyl (C=O) groups excluding carboxylic acids is 2. The molecule has 1 atom stereocenters. The first-order valence-corrected chi connectivity index (χ1v) is 22.5. The molecule has 1 heterocycles. The highest BCUT2D eigenvalue weighted by Crippen LogP contribution is 2.21. The number of carbonyl (C=O) groups is 2. The van der Waals surface area contributed by atoms with Crippen LogP contribution in [0.5, 0.6) is 0 Å². The lowest BCUT2D eigenvalue weighted by Crippen LogP contribution is -2.28. The van der Waals surface area contributed by atoms with E-state index in [-0.39, 0.29) is 17.9 Å². The van der Waals surface area contributed by atoms with Crippen molar-refractivity contribution in [1.82, 2.24) is 14.5 Å². The molecule has 7 nitrogen and oxygen atoms in total. The minimum atomic E-state index is -0.0171. The van der Waals surface area contributed by atoms with E-state index in [0.717, 1.165) is 103 Å². The fourth-order valence-electron chi connectivity index (χ4n) is 7.17. The molecule has 1 unspecified atom stereocenters. The number of esters is 2. The third kappa shape index (κ3) is 28.6. The molecular weight excluding hydrogens is 647 g/mol. The monoisotopic (exact) mass is 732 g/mol. The van der Waals surface area contributed by atoms with Gasteiger partial charge in [-0.05, 0) is 77.9 Å². The SMILES string of the molecule is CCCCCCCCCC(=O)OCCCCCCN(CCCCCCOC(=O)C(CCCCCC)CCCCCCCC)CCCn1ccnc1C. The first-order chi connectivity index (χ1) is 25.5. The highest BCUT2D eigenvalue weighted by Gasteiger charge is 2.19. The Morgan fingerprint density at radius 1 is 0.596 bits per heavy atom. The zero-order chi connectivity index (χ0) is 37.7. The van der Waals surface area contributed by atoms with Crippen molar-refractivity contribution in [3.8, 4) is 0 Å². The summed E-state index contributed by atoms with van der Waals surface area (Å²) in [5.74, 6) is 1.22. The minimum Gasteiger partial charge on any atom is -0.466 e. The molecule has 0 aliphatic heterocycles. The average Bonchev–Trinajstić information content (AvgIpc) is 3.56. The number of rotatable bonds is 39.